The molecule has 0 amide bonds. The van der Waals surface area contributed by atoms with Crippen molar-refractivity contribution in [2.24, 2.45) is 0 Å². The lowest BCUT2D eigenvalue weighted by molar-refractivity contribution is 0.0505. The predicted octanol–water partition coefficient (Wildman–Crippen LogP) is 2.64. The van der Waals surface area contributed by atoms with Gasteiger partial charge in [0.15, 0.2) is 0 Å². The average Bonchev–Trinajstić information content (AvgIpc) is 2.57. The van der Waals surface area contributed by atoms with Gasteiger partial charge in [-0.15, -0.1) is 0 Å². The standard InChI is InChI=1S/C18H18N2O3/c1-3-10-23-18(22)15-8-5-14(6-9-15)12-20-13(2)4-7-16(11-19)17(20)21/h4-9H,3,10,12H2,1-2H3. The van der Waals surface area contributed by atoms with Crippen LogP contribution in [0.25, 0.3) is 0 Å². The van der Waals surface area contributed by atoms with Crippen LogP contribution in [0.3, 0.4) is 0 Å². The lowest BCUT2D eigenvalue weighted by Crippen LogP contribution is -2.24. The van der Waals surface area contributed by atoms with E-state index in [2.05, 4.69) is 0 Å². The third-order valence-corrected chi connectivity index (χ3v) is 3.48. The van der Waals surface area contributed by atoms with Crippen LogP contribution in [0, 0.1) is 18.3 Å². The Morgan fingerprint density at radius 1 is 1.22 bits per heavy atom. The van der Waals surface area contributed by atoms with Gasteiger partial charge in [0.05, 0.1) is 18.7 Å². The maximum absolute atomic E-state index is 12.2. The van der Waals surface area contributed by atoms with Crippen molar-refractivity contribution in [3.63, 3.8) is 0 Å². The van der Waals surface area contributed by atoms with E-state index in [1.807, 2.05) is 19.9 Å². The SMILES string of the molecule is CCCOC(=O)c1ccc(Cn2c(C)ccc(C#N)c2=O)cc1. The van der Waals surface area contributed by atoms with Gasteiger partial charge in [-0.25, -0.2) is 4.79 Å². The van der Waals surface area contributed by atoms with Crippen molar-refractivity contribution in [1.29, 1.82) is 5.26 Å². The summed E-state index contributed by atoms with van der Waals surface area (Å²) in [7, 11) is 0. The number of carbonyl (C=O) groups is 1. The molecule has 0 saturated carbocycles. The normalized spacial score (nSPS) is 10.1. The quantitative estimate of drug-likeness (QED) is 0.796. The summed E-state index contributed by atoms with van der Waals surface area (Å²) in [4.78, 5) is 23.9. The first-order chi connectivity index (χ1) is 11.1. The van der Waals surface area contributed by atoms with Gasteiger partial charge in [-0.3, -0.25) is 4.79 Å². The molecule has 0 aliphatic carbocycles. The Morgan fingerprint density at radius 3 is 2.52 bits per heavy atom. The zero-order valence-electron chi connectivity index (χ0n) is 13.2. The summed E-state index contributed by atoms with van der Waals surface area (Å²) in [5, 5.41) is 8.95. The number of nitrogens with zero attached hydrogens (tertiary/aromatic N) is 2. The Balaban J connectivity index is 2.21. The van der Waals surface area contributed by atoms with E-state index in [4.69, 9.17) is 10.00 Å². The van der Waals surface area contributed by atoms with Crippen LogP contribution in [0.5, 0.6) is 0 Å². The van der Waals surface area contributed by atoms with Gasteiger partial charge in [0, 0.05) is 5.69 Å². The molecule has 118 valence electrons. The summed E-state index contributed by atoms with van der Waals surface area (Å²) in [6.45, 7) is 4.51. The molecular weight excluding hydrogens is 292 g/mol. The van der Waals surface area contributed by atoms with Gasteiger partial charge in [-0.1, -0.05) is 19.1 Å². The van der Waals surface area contributed by atoms with Crippen LogP contribution < -0.4 is 5.56 Å². The Kier molecular flexibility index (Phi) is 5.32. The van der Waals surface area contributed by atoms with E-state index in [0.29, 0.717) is 18.7 Å². The summed E-state index contributed by atoms with van der Waals surface area (Å²) >= 11 is 0. The first-order valence-corrected chi connectivity index (χ1v) is 7.43. The number of ether oxygens (including phenoxy) is 1. The fourth-order valence-corrected chi connectivity index (χ4v) is 2.16. The van der Waals surface area contributed by atoms with Crippen molar-refractivity contribution in [1.82, 2.24) is 4.57 Å². The van der Waals surface area contributed by atoms with E-state index in [9.17, 15) is 9.59 Å². The number of carbonyl (C=O) groups excluding carboxylic acids is 1. The molecule has 2 aromatic rings. The fraction of sp³-hybridized carbons (Fsp3) is 0.278. The zero-order valence-corrected chi connectivity index (χ0v) is 13.2. The van der Waals surface area contributed by atoms with E-state index in [0.717, 1.165) is 17.7 Å². The first kappa shape index (κ1) is 16.5. The zero-order chi connectivity index (χ0) is 16.8. The predicted molar refractivity (Wildman–Crippen MR) is 86.3 cm³/mol. The monoisotopic (exact) mass is 310 g/mol. The number of aromatic nitrogens is 1. The molecule has 0 N–H and O–H groups in total. The molecule has 23 heavy (non-hydrogen) atoms. The Bertz CT molecular complexity index is 798. The second-order valence-corrected chi connectivity index (χ2v) is 5.22. The van der Waals surface area contributed by atoms with E-state index in [-0.39, 0.29) is 17.1 Å². The maximum Gasteiger partial charge on any atom is 0.338 e. The van der Waals surface area contributed by atoms with Gasteiger partial charge in [0.1, 0.15) is 11.6 Å². The molecule has 0 spiro atoms. The molecule has 0 bridgehead atoms. The number of pyridine rings is 1. The number of aryl methyl sites for hydroxylation is 1. The van der Waals surface area contributed by atoms with Crippen molar-refractivity contribution < 1.29 is 9.53 Å². The van der Waals surface area contributed by atoms with Crippen LogP contribution in [0.1, 0.15) is 40.5 Å². The van der Waals surface area contributed by atoms with Gasteiger partial charge in [-0.2, -0.15) is 5.26 Å². The molecule has 0 radical (unpaired) electrons. The second kappa shape index (κ2) is 7.41. The van der Waals surface area contributed by atoms with Crippen molar-refractivity contribution in [3.05, 3.63) is 69.1 Å². The van der Waals surface area contributed by atoms with Crippen LogP contribution in [0.4, 0.5) is 0 Å². The number of benzene rings is 1. The van der Waals surface area contributed by atoms with E-state index < -0.39 is 0 Å². The van der Waals surface area contributed by atoms with Gasteiger partial charge in [0.25, 0.3) is 5.56 Å². The smallest absolute Gasteiger partial charge is 0.338 e. The Morgan fingerprint density at radius 2 is 1.91 bits per heavy atom. The van der Waals surface area contributed by atoms with Gasteiger partial charge in [-0.05, 0) is 43.2 Å². The van der Waals surface area contributed by atoms with Gasteiger partial charge in [0.2, 0.25) is 0 Å². The van der Waals surface area contributed by atoms with E-state index >= 15 is 0 Å². The molecular formula is C18H18N2O3. The highest BCUT2D eigenvalue weighted by Gasteiger charge is 2.09. The lowest BCUT2D eigenvalue weighted by atomic mass is 10.1. The molecule has 0 fully saturated rings. The minimum Gasteiger partial charge on any atom is -0.462 e. The van der Waals surface area contributed by atoms with Crippen LogP contribution in [0.2, 0.25) is 0 Å². The van der Waals surface area contributed by atoms with Crippen molar-refractivity contribution in [2.45, 2.75) is 26.8 Å². The number of esters is 1. The summed E-state index contributed by atoms with van der Waals surface area (Å²) in [6.07, 6.45) is 0.779. The molecule has 0 unspecified atom stereocenters. The molecule has 1 heterocycles. The van der Waals surface area contributed by atoms with E-state index in [1.54, 1.807) is 34.9 Å². The molecule has 0 aliphatic heterocycles. The third-order valence-electron chi connectivity index (χ3n) is 3.48. The van der Waals surface area contributed by atoms with Crippen LogP contribution in [-0.4, -0.2) is 17.1 Å². The second-order valence-electron chi connectivity index (χ2n) is 5.22. The minimum atomic E-state index is -0.349. The third kappa shape index (κ3) is 3.86. The van der Waals surface area contributed by atoms with Crippen molar-refractivity contribution >= 4 is 5.97 Å². The number of rotatable bonds is 5. The van der Waals surface area contributed by atoms with Crippen LogP contribution >= 0.6 is 0 Å². The summed E-state index contributed by atoms with van der Waals surface area (Å²) in [5.74, 6) is -0.349. The van der Waals surface area contributed by atoms with Crippen molar-refractivity contribution in [3.8, 4) is 6.07 Å². The first-order valence-electron chi connectivity index (χ1n) is 7.43. The van der Waals surface area contributed by atoms with E-state index in [1.165, 1.54) is 6.07 Å². The molecule has 1 aromatic heterocycles. The largest absolute Gasteiger partial charge is 0.462 e. The molecule has 1 aromatic carbocycles. The van der Waals surface area contributed by atoms with Crippen LogP contribution in [-0.2, 0) is 11.3 Å². The summed E-state index contributed by atoms with van der Waals surface area (Å²) in [6, 6.07) is 12.1. The molecule has 5 heteroatoms. The Hall–Kier alpha value is -2.87. The van der Waals surface area contributed by atoms with Crippen molar-refractivity contribution in [2.75, 3.05) is 6.61 Å². The molecule has 0 atom stereocenters. The Labute approximate surface area is 134 Å². The molecule has 0 aliphatic rings. The highest BCUT2D eigenvalue weighted by molar-refractivity contribution is 5.89. The number of hydrogen-bond acceptors (Lipinski definition) is 4. The topological polar surface area (TPSA) is 72.1 Å². The highest BCUT2D eigenvalue weighted by Crippen LogP contribution is 2.09. The van der Waals surface area contributed by atoms with Gasteiger partial charge < -0.3 is 9.30 Å². The number of hydrogen-bond donors (Lipinski definition) is 0. The maximum atomic E-state index is 12.2. The highest BCUT2D eigenvalue weighted by atomic mass is 16.5. The summed E-state index contributed by atoms with van der Waals surface area (Å²) < 4.78 is 6.62. The van der Waals surface area contributed by atoms with Gasteiger partial charge >= 0.3 is 5.97 Å². The minimum absolute atomic E-state index is 0.121. The molecule has 5 nitrogen and oxygen atoms in total. The van der Waals surface area contributed by atoms with Crippen LogP contribution in [0.15, 0.2) is 41.2 Å². The lowest BCUT2D eigenvalue weighted by Gasteiger charge is -2.10. The average molecular weight is 310 g/mol. The number of nitriles is 1. The summed E-state index contributed by atoms with van der Waals surface area (Å²) in [5.41, 5.74) is 1.95. The molecule has 0 saturated heterocycles. The fourth-order valence-electron chi connectivity index (χ4n) is 2.16. The molecule has 2 rings (SSSR count).